The maximum absolute atomic E-state index is 13.4. The number of furan rings is 1. The van der Waals surface area contributed by atoms with Gasteiger partial charge in [0, 0.05) is 21.5 Å². The molecule has 10 nitrogen and oxygen atoms in total. The highest BCUT2D eigenvalue weighted by Crippen LogP contribution is 2.31. The molecule has 0 aliphatic carbocycles. The second-order valence-electron chi connectivity index (χ2n) is 7.51. The number of nitriles is 1. The molecule has 0 atom stereocenters. The Morgan fingerprint density at radius 3 is 2.83 bits per heavy atom. The largest absolute Gasteiger partial charge is 0.471 e. The Labute approximate surface area is 211 Å². The van der Waals surface area contributed by atoms with Crippen LogP contribution >= 0.6 is 15.9 Å². The third kappa shape index (κ3) is 4.21. The number of nitrogens with zero attached hydrogens (tertiary/aromatic N) is 5. The monoisotopic (exact) mass is 543 g/mol. The Kier molecular flexibility index (Phi) is 6.02. The molecule has 0 saturated carbocycles. The van der Waals surface area contributed by atoms with Crippen LogP contribution in [0, 0.1) is 21.4 Å². The number of hydrogen-bond acceptors (Lipinski definition) is 8. The van der Waals surface area contributed by atoms with Crippen LogP contribution in [0.4, 0.5) is 5.69 Å². The summed E-state index contributed by atoms with van der Waals surface area (Å²) in [6.07, 6.45) is 1.25. The summed E-state index contributed by atoms with van der Waals surface area (Å²) in [5.74, 6) is 0.319. The highest BCUT2D eigenvalue weighted by Gasteiger charge is 2.20. The van der Waals surface area contributed by atoms with Crippen LogP contribution in [0.5, 0.6) is 5.75 Å². The molecule has 176 valence electrons. The molecule has 0 unspecified atom stereocenters. The van der Waals surface area contributed by atoms with Crippen molar-refractivity contribution in [2.75, 3.05) is 6.61 Å². The molecule has 0 aliphatic heterocycles. The van der Waals surface area contributed by atoms with E-state index in [4.69, 9.17) is 14.4 Å². The van der Waals surface area contributed by atoms with Crippen LogP contribution in [0.15, 0.2) is 85.5 Å². The first-order chi connectivity index (χ1) is 17.5. The maximum atomic E-state index is 13.4. The number of benzene rings is 3. The van der Waals surface area contributed by atoms with E-state index in [-0.39, 0.29) is 22.8 Å². The van der Waals surface area contributed by atoms with Gasteiger partial charge in [0.25, 0.3) is 5.56 Å². The van der Waals surface area contributed by atoms with Crippen molar-refractivity contribution in [2.45, 2.75) is 0 Å². The van der Waals surface area contributed by atoms with Crippen molar-refractivity contribution in [3.05, 3.63) is 97.2 Å². The predicted octanol–water partition coefficient (Wildman–Crippen LogP) is 5.26. The minimum atomic E-state index is -0.619. The number of ether oxygens (including phenoxy) is 1. The predicted molar refractivity (Wildman–Crippen MR) is 136 cm³/mol. The highest BCUT2D eigenvalue weighted by molar-refractivity contribution is 9.10. The summed E-state index contributed by atoms with van der Waals surface area (Å²) < 4.78 is 13.2. The van der Waals surface area contributed by atoms with Crippen molar-refractivity contribution in [3.63, 3.8) is 0 Å². The standard InChI is InChI=1S/C25H14BrN5O5/c26-17-8-9-21-16(12-17)13-22(36-21)24-29-19-6-2-1-5-18(19)25(32)30(24)28-14-15-4-3-7-20(31(33)34)23(15)35-11-10-27/h1-9,12-14H,11H2. The Morgan fingerprint density at radius 2 is 2.03 bits per heavy atom. The fraction of sp³-hybridized carbons (Fsp3) is 0.0400. The van der Waals surface area contributed by atoms with Gasteiger partial charge in [-0.05, 0) is 42.5 Å². The van der Waals surface area contributed by atoms with Gasteiger partial charge in [0.2, 0.25) is 11.6 Å². The van der Waals surface area contributed by atoms with Crippen molar-refractivity contribution in [3.8, 4) is 23.4 Å². The van der Waals surface area contributed by atoms with Gasteiger partial charge in [0.15, 0.2) is 12.4 Å². The van der Waals surface area contributed by atoms with Crippen molar-refractivity contribution in [1.29, 1.82) is 5.26 Å². The van der Waals surface area contributed by atoms with E-state index in [0.29, 0.717) is 22.2 Å². The van der Waals surface area contributed by atoms with Crippen molar-refractivity contribution >= 4 is 49.7 Å². The molecule has 0 aliphatic rings. The lowest BCUT2D eigenvalue weighted by Crippen LogP contribution is -2.20. The van der Waals surface area contributed by atoms with Gasteiger partial charge < -0.3 is 9.15 Å². The summed E-state index contributed by atoms with van der Waals surface area (Å²) >= 11 is 3.43. The van der Waals surface area contributed by atoms with E-state index in [0.717, 1.165) is 14.5 Å². The van der Waals surface area contributed by atoms with Gasteiger partial charge in [-0.25, -0.2) is 4.98 Å². The molecule has 0 saturated heterocycles. The van der Waals surface area contributed by atoms with Crippen LogP contribution in [-0.2, 0) is 0 Å². The van der Waals surface area contributed by atoms with Crippen molar-refractivity contribution in [1.82, 2.24) is 9.66 Å². The van der Waals surface area contributed by atoms with Crippen LogP contribution in [-0.4, -0.2) is 27.4 Å². The van der Waals surface area contributed by atoms with Gasteiger partial charge in [-0.2, -0.15) is 15.0 Å². The summed E-state index contributed by atoms with van der Waals surface area (Å²) in [5.41, 5.74) is 0.467. The number of halogens is 1. The number of hydrogen-bond donors (Lipinski definition) is 0. The zero-order chi connectivity index (χ0) is 25.2. The van der Waals surface area contributed by atoms with Gasteiger partial charge in [0.1, 0.15) is 11.7 Å². The van der Waals surface area contributed by atoms with Crippen LogP contribution in [0.2, 0.25) is 0 Å². The smallest absolute Gasteiger partial charge is 0.311 e. The van der Waals surface area contributed by atoms with Gasteiger partial charge in [-0.1, -0.05) is 34.1 Å². The molecule has 0 fully saturated rings. The molecule has 0 N–H and O–H groups in total. The summed E-state index contributed by atoms with van der Waals surface area (Å²) in [6.45, 7) is -0.400. The molecule has 36 heavy (non-hydrogen) atoms. The molecule has 2 aromatic heterocycles. The lowest BCUT2D eigenvalue weighted by atomic mass is 10.2. The van der Waals surface area contributed by atoms with Gasteiger partial charge >= 0.3 is 5.69 Å². The Hall–Kier alpha value is -4.82. The SMILES string of the molecule is N#CCOc1c(C=Nn2c(-c3cc4cc(Br)ccc4o3)nc3ccccc3c2=O)cccc1[N+](=O)[O-]. The zero-order valence-electron chi connectivity index (χ0n) is 18.3. The van der Waals surface area contributed by atoms with E-state index in [2.05, 4.69) is 26.0 Å². The molecule has 0 spiro atoms. The molecular formula is C25H14BrN5O5. The average molecular weight is 544 g/mol. The Bertz CT molecular complexity index is 1780. The minimum absolute atomic E-state index is 0.135. The first kappa shape index (κ1) is 22.9. The van der Waals surface area contributed by atoms with E-state index in [1.165, 1.54) is 24.4 Å². The van der Waals surface area contributed by atoms with Crippen molar-refractivity contribution < 1.29 is 14.1 Å². The molecule has 11 heteroatoms. The number of aromatic nitrogens is 2. The lowest BCUT2D eigenvalue weighted by Gasteiger charge is -2.08. The second kappa shape index (κ2) is 9.44. The summed E-state index contributed by atoms with van der Waals surface area (Å²) in [5, 5.41) is 25.8. The number of rotatable bonds is 6. The molecule has 5 rings (SSSR count). The fourth-order valence-corrected chi connectivity index (χ4v) is 4.06. The first-order valence-corrected chi connectivity index (χ1v) is 11.3. The van der Waals surface area contributed by atoms with Gasteiger partial charge in [-0.15, -0.1) is 0 Å². The fourth-order valence-electron chi connectivity index (χ4n) is 3.68. The average Bonchev–Trinajstić information content (AvgIpc) is 3.30. The quantitative estimate of drug-likeness (QED) is 0.161. The Morgan fingerprint density at radius 1 is 1.19 bits per heavy atom. The molecular weight excluding hydrogens is 530 g/mol. The summed E-state index contributed by atoms with van der Waals surface area (Å²) in [7, 11) is 0. The number of para-hydroxylation sites is 2. The molecule has 2 heterocycles. The normalized spacial score (nSPS) is 11.2. The first-order valence-electron chi connectivity index (χ1n) is 10.5. The third-order valence-electron chi connectivity index (χ3n) is 5.27. The lowest BCUT2D eigenvalue weighted by molar-refractivity contribution is -0.385. The second-order valence-corrected chi connectivity index (χ2v) is 8.42. The number of nitro groups is 1. The molecule has 5 aromatic rings. The van der Waals surface area contributed by atoms with E-state index in [9.17, 15) is 14.9 Å². The van der Waals surface area contributed by atoms with Crippen LogP contribution in [0.1, 0.15) is 5.56 Å². The zero-order valence-corrected chi connectivity index (χ0v) is 19.9. The molecule has 0 bridgehead atoms. The number of nitro benzene ring substituents is 1. The van der Waals surface area contributed by atoms with Crippen LogP contribution in [0.25, 0.3) is 33.5 Å². The highest BCUT2D eigenvalue weighted by atomic mass is 79.9. The van der Waals surface area contributed by atoms with Gasteiger partial charge in [-0.3, -0.25) is 14.9 Å². The topological polar surface area (TPSA) is 137 Å². The van der Waals surface area contributed by atoms with E-state index in [1.807, 2.05) is 12.1 Å². The number of fused-ring (bicyclic) bond motifs is 2. The van der Waals surface area contributed by atoms with Crippen LogP contribution in [0.3, 0.4) is 0 Å². The molecule has 0 radical (unpaired) electrons. The van der Waals surface area contributed by atoms with Gasteiger partial charge in [0.05, 0.1) is 22.0 Å². The van der Waals surface area contributed by atoms with Crippen LogP contribution < -0.4 is 10.3 Å². The van der Waals surface area contributed by atoms with Crippen molar-refractivity contribution in [2.24, 2.45) is 5.10 Å². The maximum Gasteiger partial charge on any atom is 0.311 e. The summed E-state index contributed by atoms with van der Waals surface area (Å²) in [6, 6.07) is 20.1. The molecule has 3 aromatic carbocycles. The van der Waals surface area contributed by atoms with E-state index in [1.54, 1.807) is 42.5 Å². The van der Waals surface area contributed by atoms with E-state index >= 15 is 0 Å². The van der Waals surface area contributed by atoms with E-state index < -0.39 is 17.1 Å². The Balaban J connectivity index is 1.71. The minimum Gasteiger partial charge on any atom is -0.471 e. The molecule has 0 amide bonds. The summed E-state index contributed by atoms with van der Waals surface area (Å²) in [4.78, 5) is 28.9. The third-order valence-corrected chi connectivity index (χ3v) is 5.76.